The van der Waals surface area contributed by atoms with Crippen LogP contribution in [0.4, 0.5) is 0 Å². The molecule has 0 aliphatic rings. The van der Waals surface area contributed by atoms with Crippen LogP contribution in [0.3, 0.4) is 0 Å². The largest absolute Gasteiger partial charge is 0.486 e. The molecule has 0 fully saturated rings. The van der Waals surface area contributed by atoms with Crippen molar-refractivity contribution in [2.75, 3.05) is 0 Å². The fraction of sp³-hybridized carbons (Fsp3) is 0.120. The van der Waals surface area contributed by atoms with Crippen molar-refractivity contribution in [2.45, 2.75) is 19.6 Å². The molecule has 4 nitrogen and oxygen atoms in total. The van der Waals surface area contributed by atoms with E-state index in [0.29, 0.717) is 28.0 Å². The van der Waals surface area contributed by atoms with Gasteiger partial charge in [-0.15, -0.1) is 0 Å². The second kappa shape index (κ2) is 10.7. The molecule has 0 bridgehead atoms. The molecule has 0 aliphatic heterocycles. The molecule has 0 spiro atoms. The number of ether oxygens (including phenoxy) is 1. The van der Waals surface area contributed by atoms with Crippen LogP contribution >= 0.6 is 23.2 Å². The molecule has 0 aromatic heterocycles. The highest BCUT2D eigenvalue weighted by Crippen LogP contribution is 2.35. The molecule has 0 radical (unpaired) electrons. The first-order chi connectivity index (χ1) is 15.0. The van der Waals surface area contributed by atoms with Crippen LogP contribution in [0.5, 0.6) is 5.75 Å². The van der Waals surface area contributed by atoms with E-state index in [1.807, 2.05) is 73.7 Å². The van der Waals surface area contributed by atoms with E-state index < -0.39 is 5.91 Å². The lowest BCUT2D eigenvalue weighted by molar-refractivity contribution is -0.117. The van der Waals surface area contributed by atoms with Gasteiger partial charge in [-0.1, -0.05) is 83.9 Å². The Labute approximate surface area is 191 Å². The number of hydrogen-bond donors (Lipinski definition) is 1. The number of nitrogens with one attached hydrogen (secondary N) is 1. The van der Waals surface area contributed by atoms with Gasteiger partial charge in [0.05, 0.1) is 16.1 Å². The van der Waals surface area contributed by atoms with Gasteiger partial charge in [-0.2, -0.15) is 5.26 Å². The summed E-state index contributed by atoms with van der Waals surface area (Å²) in [5, 5.41) is 12.9. The number of hydrogen-bond acceptors (Lipinski definition) is 3. The summed E-state index contributed by atoms with van der Waals surface area (Å²) < 4.78 is 5.76. The quantitative estimate of drug-likeness (QED) is 0.336. The molecular weight excluding hydrogens is 431 g/mol. The maximum atomic E-state index is 12.6. The maximum absolute atomic E-state index is 12.6. The summed E-state index contributed by atoms with van der Waals surface area (Å²) in [4.78, 5) is 12.6. The first-order valence-electron chi connectivity index (χ1n) is 9.61. The molecule has 0 unspecified atom stereocenters. The molecule has 1 N–H and O–H groups in total. The third-order valence-electron chi connectivity index (χ3n) is 4.57. The minimum absolute atomic E-state index is 0.0483. The average molecular weight is 451 g/mol. The van der Waals surface area contributed by atoms with E-state index >= 15 is 0 Å². The lowest BCUT2D eigenvalue weighted by Crippen LogP contribution is -2.27. The van der Waals surface area contributed by atoms with Gasteiger partial charge in [0, 0.05) is 0 Å². The minimum Gasteiger partial charge on any atom is -0.486 e. The van der Waals surface area contributed by atoms with E-state index in [4.69, 9.17) is 27.9 Å². The smallest absolute Gasteiger partial charge is 0.262 e. The molecule has 31 heavy (non-hydrogen) atoms. The van der Waals surface area contributed by atoms with Crippen LogP contribution in [0, 0.1) is 11.3 Å². The highest BCUT2D eigenvalue weighted by atomic mass is 35.5. The number of nitriles is 1. The van der Waals surface area contributed by atoms with Crippen molar-refractivity contribution in [2.24, 2.45) is 0 Å². The predicted molar refractivity (Wildman–Crippen MR) is 124 cm³/mol. The van der Waals surface area contributed by atoms with E-state index in [0.717, 1.165) is 11.1 Å². The van der Waals surface area contributed by atoms with Crippen molar-refractivity contribution in [3.63, 3.8) is 0 Å². The molecule has 1 amide bonds. The van der Waals surface area contributed by atoms with Gasteiger partial charge < -0.3 is 10.1 Å². The molecule has 3 rings (SSSR count). The summed E-state index contributed by atoms with van der Waals surface area (Å²) in [6, 6.07) is 24.1. The topological polar surface area (TPSA) is 62.1 Å². The van der Waals surface area contributed by atoms with Gasteiger partial charge in [-0.05, 0) is 41.8 Å². The Balaban J connectivity index is 1.74. The number of rotatable bonds is 7. The van der Waals surface area contributed by atoms with Crippen LogP contribution in [-0.4, -0.2) is 5.91 Å². The van der Waals surface area contributed by atoms with Gasteiger partial charge >= 0.3 is 0 Å². The second-order valence-electron chi connectivity index (χ2n) is 6.86. The second-order valence-corrected chi connectivity index (χ2v) is 7.68. The Morgan fingerprint density at radius 1 is 1.06 bits per heavy atom. The zero-order valence-corrected chi connectivity index (χ0v) is 18.3. The summed E-state index contributed by atoms with van der Waals surface area (Å²) in [7, 11) is 0. The third kappa shape index (κ3) is 6.11. The summed E-state index contributed by atoms with van der Waals surface area (Å²) in [5.41, 5.74) is 2.41. The molecular formula is C25H20Cl2N2O2. The molecule has 1 atom stereocenters. The molecule has 0 heterocycles. The van der Waals surface area contributed by atoms with Gasteiger partial charge in [-0.25, -0.2) is 0 Å². The Morgan fingerprint density at radius 3 is 2.23 bits per heavy atom. The van der Waals surface area contributed by atoms with Crippen molar-refractivity contribution in [3.8, 4) is 11.8 Å². The van der Waals surface area contributed by atoms with Crippen molar-refractivity contribution in [1.82, 2.24) is 5.32 Å². The summed E-state index contributed by atoms with van der Waals surface area (Å²) in [6.45, 7) is 2.17. The Hall–Kier alpha value is -3.26. The lowest BCUT2D eigenvalue weighted by Gasteiger charge is -2.14. The number of carbonyl (C=O) groups excluding carboxylic acids is 1. The van der Waals surface area contributed by atoms with Crippen LogP contribution in [0.2, 0.25) is 10.0 Å². The van der Waals surface area contributed by atoms with Crippen molar-refractivity contribution < 1.29 is 9.53 Å². The van der Waals surface area contributed by atoms with Gasteiger partial charge in [0.2, 0.25) is 0 Å². The number of carbonyl (C=O) groups is 1. The van der Waals surface area contributed by atoms with Crippen LogP contribution < -0.4 is 10.1 Å². The highest BCUT2D eigenvalue weighted by Gasteiger charge is 2.15. The summed E-state index contributed by atoms with van der Waals surface area (Å²) >= 11 is 12.7. The van der Waals surface area contributed by atoms with E-state index in [1.54, 1.807) is 12.1 Å². The number of halogens is 2. The van der Waals surface area contributed by atoms with Crippen LogP contribution in [0.1, 0.15) is 29.7 Å². The molecule has 0 saturated heterocycles. The fourth-order valence-corrected chi connectivity index (χ4v) is 3.56. The fourth-order valence-electron chi connectivity index (χ4n) is 2.95. The Bertz CT molecular complexity index is 1100. The first-order valence-corrected chi connectivity index (χ1v) is 10.4. The Morgan fingerprint density at radius 2 is 1.65 bits per heavy atom. The first kappa shape index (κ1) is 22.4. The average Bonchev–Trinajstić information content (AvgIpc) is 2.78. The van der Waals surface area contributed by atoms with E-state index in [-0.39, 0.29) is 11.6 Å². The summed E-state index contributed by atoms with van der Waals surface area (Å²) in [5.74, 6) is -0.125. The van der Waals surface area contributed by atoms with E-state index in [2.05, 4.69) is 5.32 Å². The zero-order chi connectivity index (χ0) is 22.2. The van der Waals surface area contributed by atoms with Gasteiger partial charge in [0.25, 0.3) is 5.91 Å². The van der Waals surface area contributed by atoms with E-state index in [1.165, 1.54) is 6.08 Å². The van der Waals surface area contributed by atoms with Gasteiger partial charge in [0.15, 0.2) is 5.75 Å². The summed E-state index contributed by atoms with van der Waals surface area (Å²) in [6.07, 6.45) is 1.45. The maximum Gasteiger partial charge on any atom is 0.262 e. The van der Waals surface area contributed by atoms with Crippen molar-refractivity contribution >= 4 is 35.2 Å². The number of nitrogens with zero attached hydrogens (tertiary/aromatic N) is 1. The van der Waals surface area contributed by atoms with Crippen molar-refractivity contribution in [3.05, 3.63) is 105 Å². The SMILES string of the molecule is C[C@@H](NC(=O)/C(C#N)=C\c1cc(Cl)c(OCc2ccccc2)c(Cl)c1)c1ccccc1. The van der Waals surface area contributed by atoms with E-state index in [9.17, 15) is 10.1 Å². The number of amides is 1. The predicted octanol–water partition coefficient (Wildman–Crippen LogP) is 6.36. The van der Waals surface area contributed by atoms with Crippen LogP contribution in [0.25, 0.3) is 6.08 Å². The monoisotopic (exact) mass is 450 g/mol. The highest BCUT2D eigenvalue weighted by molar-refractivity contribution is 6.37. The Kier molecular flexibility index (Phi) is 7.72. The van der Waals surface area contributed by atoms with Crippen LogP contribution in [0.15, 0.2) is 78.4 Å². The number of benzene rings is 3. The van der Waals surface area contributed by atoms with Gasteiger partial charge in [0.1, 0.15) is 18.2 Å². The molecule has 6 heteroatoms. The van der Waals surface area contributed by atoms with Gasteiger partial charge in [-0.3, -0.25) is 4.79 Å². The minimum atomic E-state index is -0.476. The molecule has 3 aromatic carbocycles. The normalized spacial score (nSPS) is 12.0. The molecule has 156 valence electrons. The molecule has 0 aliphatic carbocycles. The standard InChI is InChI=1S/C25H20Cl2N2O2/c1-17(20-10-6-3-7-11-20)29-25(30)21(15-28)12-19-13-22(26)24(23(27)14-19)31-16-18-8-4-2-5-9-18/h2-14,17H,16H2,1H3,(H,29,30)/b21-12-/t17-/m1/s1. The van der Waals surface area contributed by atoms with Crippen molar-refractivity contribution in [1.29, 1.82) is 5.26 Å². The zero-order valence-electron chi connectivity index (χ0n) is 16.8. The third-order valence-corrected chi connectivity index (χ3v) is 5.13. The molecule has 0 saturated carbocycles. The lowest BCUT2D eigenvalue weighted by atomic mass is 10.1. The van der Waals surface area contributed by atoms with Crippen LogP contribution in [-0.2, 0) is 11.4 Å². The molecule has 3 aromatic rings.